The Hall–Kier alpha value is -2.20. The molecule has 2 N–H and O–H groups in total. The highest BCUT2D eigenvalue weighted by Gasteiger charge is 2.12. The van der Waals surface area contributed by atoms with Crippen molar-refractivity contribution in [1.82, 2.24) is 15.0 Å². The Labute approximate surface area is 115 Å². The van der Waals surface area contributed by atoms with Crippen LogP contribution in [0.2, 0.25) is 0 Å². The number of anilines is 2. The van der Waals surface area contributed by atoms with E-state index in [0.29, 0.717) is 16.6 Å². The molecule has 0 atom stereocenters. The van der Waals surface area contributed by atoms with Gasteiger partial charge in [0, 0.05) is 13.1 Å². The third kappa shape index (κ3) is 2.80. The van der Waals surface area contributed by atoms with Gasteiger partial charge in [-0.2, -0.15) is 20.2 Å². The fraction of sp³-hybridized carbons (Fsp3) is 0.333. The molecule has 2 rings (SSSR count). The van der Waals surface area contributed by atoms with Gasteiger partial charge in [0.25, 0.3) is 0 Å². The molecule has 0 saturated carbocycles. The Balaban J connectivity index is 2.44. The molecule has 0 saturated heterocycles. The molecular weight excluding hydrogens is 260 g/mol. The van der Waals surface area contributed by atoms with Gasteiger partial charge >= 0.3 is 0 Å². The molecule has 0 unspecified atom stereocenters. The number of hydrogen-bond donors (Lipinski definition) is 1. The maximum absolute atomic E-state index is 8.85. The second-order valence-electron chi connectivity index (χ2n) is 3.77. The highest BCUT2D eigenvalue weighted by Crippen LogP contribution is 2.26. The number of rotatable bonds is 4. The van der Waals surface area contributed by atoms with E-state index in [0.717, 1.165) is 18.0 Å². The smallest absolute Gasteiger partial charge is 0.230 e. The number of aromatic nitrogens is 3. The molecule has 98 valence electrons. The normalized spacial score (nSPS) is 10.2. The number of nitrogens with two attached hydrogens (primary N) is 1. The lowest BCUT2D eigenvalue weighted by Crippen LogP contribution is -2.25. The van der Waals surface area contributed by atoms with E-state index in [-0.39, 0.29) is 5.95 Å². The molecule has 7 heteroatoms. The van der Waals surface area contributed by atoms with Gasteiger partial charge in [-0.15, -0.1) is 11.3 Å². The standard InChI is InChI=1S/C12H14N6S/c1-3-18(4-2)12-16-10(15-11(14)17-12)9-6-5-8(7-13)19-9/h5-6H,3-4H2,1-2H3,(H2,14,15,16,17). The second-order valence-corrected chi connectivity index (χ2v) is 4.85. The third-order valence-electron chi connectivity index (χ3n) is 2.62. The molecule has 0 aliphatic heterocycles. The van der Waals surface area contributed by atoms with E-state index >= 15 is 0 Å². The molecule has 0 aliphatic carbocycles. The van der Waals surface area contributed by atoms with Gasteiger partial charge in [-0.25, -0.2) is 0 Å². The van der Waals surface area contributed by atoms with Crippen LogP contribution in [0.25, 0.3) is 10.7 Å². The van der Waals surface area contributed by atoms with Gasteiger partial charge in [-0.1, -0.05) is 0 Å². The third-order valence-corrected chi connectivity index (χ3v) is 3.61. The van der Waals surface area contributed by atoms with Crippen LogP contribution in [-0.4, -0.2) is 28.0 Å². The van der Waals surface area contributed by atoms with Crippen molar-refractivity contribution >= 4 is 23.2 Å². The summed E-state index contributed by atoms with van der Waals surface area (Å²) in [6.45, 7) is 5.66. The minimum Gasteiger partial charge on any atom is -0.368 e. The van der Waals surface area contributed by atoms with Crippen molar-refractivity contribution in [2.75, 3.05) is 23.7 Å². The summed E-state index contributed by atoms with van der Waals surface area (Å²) in [4.78, 5) is 16.1. The zero-order valence-corrected chi connectivity index (χ0v) is 11.6. The van der Waals surface area contributed by atoms with E-state index < -0.39 is 0 Å². The van der Waals surface area contributed by atoms with Crippen LogP contribution < -0.4 is 10.6 Å². The summed E-state index contributed by atoms with van der Waals surface area (Å²) >= 11 is 1.34. The molecule has 0 bridgehead atoms. The molecule has 0 fully saturated rings. The van der Waals surface area contributed by atoms with Crippen LogP contribution in [0.15, 0.2) is 12.1 Å². The maximum atomic E-state index is 8.85. The Morgan fingerprint density at radius 3 is 2.58 bits per heavy atom. The zero-order valence-electron chi connectivity index (χ0n) is 10.8. The molecule has 6 nitrogen and oxygen atoms in total. The predicted octanol–water partition coefficient (Wildman–Crippen LogP) is 1.90. The van der Waals surface area contributed by atoms with E-state index in [1.165, 1.54) is 11.3 Å². The lowest BCUT2D eigenvalue weighted by atomic mass is 10.4. The van der Waals surface area contributed by atoms with Gasteiger partial charge < -0.3 is 10.6 Å². The van der Waals surface area contributed by atoms with Crippen LogP contribution >= 0.6 is 11.3 Å². The highest BCUT2D eigenvalue weighted by atomic mass is 32.1. The van der Waals surface area contributed by atoms with Gasteiger partial charge in [-0.05, 0) is 26.0 Å². The first-order valence-electron chi connectivity index (χ1n) is 5.94. The predicted molar refractivity (Wildman–Crippen MR) is 75.8 cm³/mol. The van der Waals surface area contributed by atoms with Gasteiger partial charge in [-0.3, -0.25) is 0 Å². The number of thiophene rings is 1. The number of nitriles is 1. The van der Waals surface area contributed by atoms with Crippen molar-refractivity contribution in [1.29, 1.82) is 5.26 Å². The Morgan fingerprint density at radius 2 is 2.00 bits per heavy atom. The lowest BCUT2D eigenvalue weighted by Gasteiger charge is -2.18. The Kier molecular flexibility index (Phi) is 3.92. The van der Waals surface area contributed by atoms with Crippen LogP contribution in [0, 0.1) is 11.3 Å². The minimum atomic E-state index is 0.193. The molecule has 2 aromatic heterocycles. The average Bonchev–Trinajstić information content (AvgIpc) is 2.88. The molecule has 2 heterocycles. The molecule has 0 amide bonds. The van der Waals surface area contributed by atoms with Gasteiger partial charge in [0.15, 0.2) is 5.82 Å². The van der Waals surface area contributed by atoms with E-state index in [1.54, 1.807) is 6.07 Å². The largest absolute Gasteiger partial charge is 0.368 e. The van der Waals surface area contributed by atoms with Crippen LogP contribution in [0.4, 0.5) is 11.9 Å². The van der Waals surface area contributed by atoms with Crippen LogP contribution in [0.1, 0.15) is 18.7 Å². The van der Waals surface area contributed by atoms with Gasteiger partial charge in [0.1, 0.15) is 10.9 Å². The average molecular weight is 274 g/mol. The van der Waals surface area contributed by atoms with E-state index in [9.17, 15) is 0 Å². The number of hydrogen-bond acceptors (Lipinski definition) is 7. The van der Waals surface area contributed by atoms with Gasteiger partial charge in [0.2, 0.25) is 11.9 Å². The highest BCUT2D eigenvalue weighted by molar-refractivity contribution is 7.15. The van der Waals surface area contributed by atoms with Crippen molar-refractivity contribution in [2.24, 2.45) is 0 Å². The Bertz CT molecular complexity index is 611. The van der Waals surface area contributed by atoms with E-state index in [2.05, 4.69) is 21.0 Å². The monoisotopic (exact) mass is 274 g/mol. The van der Waals surface area contributed by atoms with Crippen molar-refractivity contribution in [3.63, 3.8) is 0 Å². The summed E-state index contributed by atoms with van der Waals surface area (Å²) in [5.74, 6) is 1.28. The molecule has 19 heavy (non-hydrogen) atoms. The van der Waals surface area contributed by atoms with Gasteiger partial charge in [0.05, 0.1) is 4.88 Å². The topological polar surface area (TPSA) is 91.7 Å². The summed E-state index contributed by atoms with van der Waals surface area (Å²) < 4.78 is 0. The summed E-state index contributed by atoms with van der Waals surface area (Å²) in [6.07, 6.45) is 0. The molecule has 0 aliphatic rings. The first-order valence-corrected chi connectivity index (χ1v) is 6.76. The molecule has 2 aromatic rings. The number of nitrogens with zero attached hydrogens (tertiary/aromatic N) is 5. The molecular formula is C12H14N6S. The number of nitrogen functional groups attached to an aromatic ring is 1. The summed E-state index contributed by atoms with van der Waals surface area (Å²) in [6, 6.07) is 5.67. The first kappa shape index (κ1) is 13.2. The van der Waals surface area contributed by atoms with Crippen molar-refractivity contribution in [2.45, 2.75) is 13.8 Å². The first-order chi connectivity index (χ1) is 9.17. The fourth-order valence-electron chi connectivity index (χ4n) is 1.66. The van der Waals surface area contributed by atoms with Crippen LogP contribution in [0.3, 0.4) is 0 Å². The summed E-state index contributed by atoms with van der Waals surface area (Å²) in [5, 5.41) is 8.85. The minimum absolute atomic E-state index is 0.193. The zero-order chi connectivity index (χ0) is 13.8. The SMILES string of the molecule is CCN(CC)c1nc(N)nc(-c2ccc(C#N)s2)n1. The maximum Gasteiger partial charge on any atom is 0.230 e. The summed E-state index contributed by atoms with van der Waals surface area (Å²) in [5.41, 5.74) is 5.73. The van der Waals surface area contributed by atoms with Crippen molar-refractivity contribution < 1.29 is 0 Å². The second kappa shape index (κ2) is 5.63. The fourth-order valence-corrected chi connectivity index (χ4v) is 2.39. The van der Waals surface area contributed by atoms with Crippen LogP contribution in [-0.2, 0) is 0 Å². The Morgan fingerprint density at radius 1 is 1.26 bits per heavy atom. The van der Waals surface area contributed by atoms with Crippen molar-refractivity contribution in [3.05, 3.63) is 17.0 Å². The molecule has 0 aromatic carbocycles. The quantitative estimate of drug-likeness (QED) is 0.915. The van der Waals surface area contributed by atoms with E-state index in [1.807, 2.05) is 24.8 Å². The summed E-state index contributed by atoms with van der Waals surface area (Å²) in [7, 11) is 0. The van der Waals surface area contributed by atoms with Crippen LogP contribution in [0.5, 0.6) is 0 Å². The lowest BCUT2D eigenvalue weighted by molar-refractivity contribution is 0.816. The van der Waals surface area contributed by atoms with E-state index in [4.69, 9.17) is 11.0 Å². The molecule has 0 radical (unpaired) electrons. The molecule has 0 spiro atoms. The van der Waals surface area contributed by atoms with Crippen molar-refractivity contribution in [3.8, 4) is 16.8 Å².